The molecule has 7 rings (SSSR count). The Bertz CT molecular complexity index is 1850. The van der Waals surface area contributed by atoms with Gasteiger partial charge < -0.3 is 0 Å². The molecular formula is C36H22I2N2. The molecule has 2 nitrogen and oxygen atoms in total. The SMILES string of the molecule is Ic1ccc2nc(-c3ccc(-c4cc(-c5ccccc5)c5cc(I)ccc5n4)cc3)cc(-c3ccccc3)c2c1. The molecule has 0 saturated carbocycles. The molecule has 0 aliphatic rings. The third-order valence-electron chi connectivity index (χ3n) is 7.19. The van der Waals surface area contributed by atoms with E-state index in [0.717, 1.165) is 33.5 Å². The maximum absolute atomic E-state index is 5.06. The van der Waals surface area contributed by atoms with Crippen molar-refractivity contribution in [2.75, 3.05) is 0 Å². The molecule has 0 amide bonds. The van der Waals surface area contributed by atoms with Gasteiger partial charge in [0.2, 0.25) is 0 Å². The molecule has 4 heteroatoms. The fourth-order valence-corrected chi connectivity index (χ4v) is 6.20. The van der Waals surface area contributed by atoms with Crippen molar-refractivity contribution < 1.29 is 0 Å². The van der Waals surface area contributed by atoms with Crippen LogP contribution in [0.4, 0.5) is 0 Å². The highest BCUT2D eigenvalue weighted by Crippen LogP contribution is 2.35. The minimum atomic E-state index is 0.963. The van der Waals surface area contributed by atoms with Crippen LogP contribution >= 0.6 is 45.2 Å². The zero-order chi connectivity index (χ0) is 27.1. The van der Waals surface area contributed by atoms with E-state index in [-0.39, 0.29) is 0 Å². The van der Waals surface area contributed by atoms with Crippen LogP contribution in [0.25, 0.3) is 66.6 Å². The molecule has 5 aromatic carbocycles. The van der Waals surface area contributed by atoms with E-state index in [1.165, 1.54) is 40.2 Å². The van der Waals surface area contributed by atoms with Crippen LogP contribution in [0.3, 0.4) is 0 Å². The summed E-state index contributed by atoms with van der Waals surface area (Å²) in [5.74, 6) is 0. The summed E-state index contributed by atoms with van der Waals surface area (Å²) in [6.07, 6.45) is 0. The van der Waals surface area contributed by atoms with E-state index in [9.17, 15) is 0 Å². The third-order valence-corrected chi connectivity index (χ3v) is 8.53. The van der Waals surface area contributed by atoms with Gasteiger partial charge in [-0.1, -0.05) is 84.9 Å². The predicted molar refractivity (Wildman–Crippen MR) is 184 cm³/mol. The summed E-state index contributed by atoms with van der Waals surface area (Å²) in [7, 11) is 0. The Labute approximate surface area is 260 Å². The molecule has 0 radical (unpaired) electrons. The molecule has 0 N–H and O–H groups in total. The van der Waals surface area contributed by atoms with Gasteiger partial charge >= 0.3 is 0 Å². The first-order valence-electron chi connectivity index (χ1n) is 13.0. The van der Waals surface area contributed by atoms with E-state index in [0.29, 0.717) is 0 Å². The van der Waals surface area contributed by atoms with Gasteiger partial charge in [-0.25, -0.2) is 9.97 Å². The van der Waals surface area contributed by atoms with Crippen LogP contribution in [0.1, 0.15) is 0 Å². The summed E-state index contributed by atoms with van der Waals surface area (Å²) < 4.78 is 2.40. The van der Waals surface area contributed by atoms with E-state index in [1.54, 1.807) is 0 Å². The average molecular weight is 736 g/mol. The van der Waals surface area contributed by atoms with E-state index >= 15 is 0 Å². The summed E-state index contributed by atoms with van der Waals surface area (Å²) in [5.41, 5.74) is 10.9. The van der Waals surface area contributed by atoms with Crippen molar-refractivity contribution in [1.29, 1.82) is 0 Å². The van der Waals surface area contributed by atoms with Crippen molar-refractivity contribution in [2.24, 2.45) is 0 Å². The monoisotopic (exact) mass is 736 g/mol. The van der Waals surface area contributed by atoms with Crippen LogP contribution in [0, 0.1) is 7.14 Å². The lowest BCUT2D eigenvalue weighted by atomic mass is 9.96. The predicted octanol–water partition coefficient (Wildman–Crippen LogP) is 10.7. The summed E-state index contributed by atoms with van der Waals surface area (Å²) in [5, 5.41) is 2.34. The molecule has 7 aromatic rings. The number of nitrogens with zero attached hydrogens (tertiary/aromatic N) is 2. The number of fused-ring (bicyclic) bond motifs is 2. The molecule has 0 aliphatic heterocycles. The fraction of sp³-hybridized carbons (Fsp3) is 0. The first kappa shape index (κ1) is 25.4. The summed E-state index contributed by atoms with van der Waals surface area (Å²) in [6.45, 7) is 0. The topological polar surface area (TPSA) is 25.8 Å². The van der Waals surface area contributed by atoms with Gasteiger partial charge in [0.05, 0.1) is 22.4 Å². The Balaban J connectivity index is 1.34. The average Bonchev–Trinajstić information content (AvgIpc) is 3.01. The molecular weight excluding hydrogens is 714 g/mol. The maximum atomic E-state index is 5.06. The largest absolute Gasteiger partial charge is 0.248 e. The maximum Gasteiger partial charge on any atom is 0.0716 e. The second kappa shape index (κ2) is 10.7. The fourth-order valence-electron chi connectivity index (χ4n) is 5.22. The standard InChI is InChI=1S/C36H22I2N2/c37-27-15-17-33-31(19-27)29(23-7-3-1-4-8-23)21-35(39-33)25-11-13-26(14-12-25)36-22-30(24-9-5-2-6-10-24)32-20-28(38)16-18-34(32)40-36/h1-22H. The molecule has 0 atom stereocenters. The van der Waals surface area contributed by atoms with Crippen molar-refractivity contribution in [1.82, 2.24) is 9.97 Å². The molecule has 2 aromatic heterocycles. The minimum absolute atomic E-state index is 0.963. The third kappa shape index (κ3) is 4.90. The molecule has 2 heterocycles. The Morgan fingerprint density at radius 3 is 1.18 bits per heavy atom. The van der Waals surface area contributed by atoms with Gasteiger partial charge in [0.1, 0.15) is 0 Å². The Hall–Kier alpha value is -3.62. The van der Waals surface area contributed by atoms with E-state index in [1.807, 2.05) is 0 Å². The number of hydrogen-bond donors (Lipinski definition) is 0. The van der Waals surface area contributed by atoms with Gasteiger partial charge in [0.25, 0.3) is 0 Å². The van der Waals surface area contributed by atoms with Crippen LogP contribution in [-0.4, -0.2) is 9.97 Å². The number of pyridine rings is 2. The van der Waals surface area contributed by atoms with E-state index in [4.69, 9.17) is 9.97 Å². The molecule has 190 valence electrons. The van der Waals surface area contributed by atoms with Crippen LogP contribution < -0.4 is 0 Å². The normalized spacial score (nSPS) is 11.2. The van der Waals surface area contributed by atoms with Gasteiger partial charge in [0, 0.05) is 29.0 Å². The van der Waals surface area contributed by atoms with E-state index in [2.05, 4.69) is 179 Å². The lowest BCUT2D eigenvalue weighted by Crippen LogP contribution is -1.92. The first-order valence-corrected chi connectivity index (χ1v) is 15.2. The quantitative estimate of drug-likeness (QED) is 0.168. The van der Waals surface area contributed by atoms with Crippen LogP contribution in [0.5, 0.6) is 0 Å². The van der Waals surface area contributed by atoms with Crippen molar-refractivity contribution in [3.8, 4) is 44.8 Å². The number of aromatic nitrogens is 2. The van der Waals surface area contributed by atoms with Crippen molar-refractivity contribution in [3.63, 3.8) is 0 Å². The summed E-state index contributed by atoms with van der Waals surface area (Å²) >= 11 is 4.74. The Morgan fingerprint density at radius 1 is 0.375 bits per heavy atom. The zero-order valence-electron chi connectivity index (χ0n) is 21.4. The number of hydrogen-bond acceptors (Lipinski definition) is 2. The molecule has 0 unspecified atom stereocenters. The molecule has 0 bridgehead atoms. The van der Waals surface area contributed by atoms with Gasteiger partial charge in [0.15, 0.2) is 0 Å². The highest BCUT2D eigenvalue weighted by molar-refractivity contribution is 14.1. The summed E-state index contributed by atoms with van der Waals surface area (Å²) in [6, 6.07) is 47.1. The Morgan fingerprint density at radius 2 is 0.775 bits per heavy atom. The Kier molecular flexibility index (Phi) is 6.81. The highest BCUT2D eigenvalue weighted by Gasteiger charge is 2.13. The minimum Gasteiger partial charge on any atom is -0.248 e. The first-order chi connectivity index (χ1) is 19.6. The molecule has 0 aliphatic carbocycles. The van der Waals surface area contributed by atoms with Crippen molar-refractivity contribution >= 4 is 67.0 Å². The van der Waals surface area contributed by atoms with Gasteiger partial charge in [-0.05, 0) is 116 Å². The smallest absolute Gasteiger partial charge is 0.0716 e. The van der Waals surface area contributed by atoms with Crippen LogP contribution in [0.15, 0.2) is 133 Å². The number of rotatable bonds is 4. The lowest BCUT2D eigenvalue weighted by molar-refractivity contribution is 1.38. The second-order valence-electron chi connectivity index (χ2n) is 9.74. The van der Waals surface area contributed by atoms with Gasteiger partial charge in [-0.15, -0.1) is 0 Å². The molecule has 40 heavy (non-hydrogen) atoms. The number of halogens is 2. The van der Waals surface area contributed by atoms with Crippen molar-refractivity contribution in [3.05, 3.63) is 141 Å². The van der Waals surface area contributed by atoms with Crippen LogP contribution in [-0.2, 0) is 0 Å². The molecule has 0 fully saturated rings. The molecule has 0 saturated heterocycles. The highest BCUT2D eigenvalue weighted by atomic mass is 127. The summed E-state index contributed by atoms with van der Waals surface area (Å²) in [4.78, 5) is 10.1. The molecule has 0 spiro atoms. The van der Waals surface area contributed by atoms with Gasteiger partial charge in [-0.3, -0.25) is 0 Å². The van der Waals surface area contributed by atoms with Gasteiger partial charge in [-0.2, -0.15) is 0 Å². The number of benzene rings is 5. The van der Waals surface area contributed by atoms with Crippen molar-refractivity contribution in [2.45, 2.75) is 0 Å². The lowest BCUT2D eigenvalue weighted by Gasteiger charge is -2.13. The van der Waals surface area contributed by atoms with E-state index < -0.39 is 0 Å². The van der Waals surface area contributed by atoms with Crippen LogP contribution in [0.2, 0.25) is 0 Å². The zero-order valence-corrected chi connectivity index (χ0v) is 25.7. The second-order valence-corrected chi connectivity index (χ2v) is 12.2.